The first kappa shape index (κ1) is 21.9. The molecule has 6 nitrogen and oxygen atoms in total. The van der Waals surface area contributed by atoms with Crippen molar-refractivity contribution in [3.8, 4) is 11.5 Å². The average molecular weight is 437 g/mol. The third kappa shape index (κ3) is 5.87. The number of nitrogens with one attached hydrogen (secondary N) is 2. The molecule has 0 aliphatic carbocycles. The predicted molar refractivity (Wildman–Crippen MR) is 122 cm³/mol. The van der Waals surface area contributed by atoms with E-state index in [0.717, 1.165) is 0 Å². The number of anilines is 1. The summed E-state index contributed by atoms with van der Waals surface area (Å²) < 4.78 is 10.6. The molecule has 0 aliphatic rings. The number of ether oxygens (including phenoxy) is 2. The minimum absolute atomic E-state index is 0.0565. The van der Waals surface area contributed by atoms with Crippen LogP contribution in [0.4, 0.5) is 5.69 Å². The monoisotopic (exact) mass is 436 g/mol. The van der Waals surface area contributed by atoms with E-state index in [2.05, 4.69) is 10.6 Å². The molecule has 3 rings (SSSR count). The van der Waals surface area contributed by atoms with Crippen molar-refractivity contribution in [1.82, 2.24) is 5.32 Å². The van der Waals surface area contributed by atoms with Crippen molar-refractivity contribution in [2.45, 2.75) is 0 Å². The molecular formula is C24H21ClN2O4. The molecule has 0 aromatic heterocycles. The molecular weight excluding hydrogens is 416 g/mol. The molecule has 0 atom stereocenters. The van der Waals surface area contributed by atoms with Crippen LogP contribution in [-0.4, -0.2) is 26.0 Å². The Labute approximate surface area is 185 Å². The molecule has 2 amide bonds. The molecule has 3 aromatic carbocycles. The first-order valence-electron chi connectivity index (χ1n) is 9.37. The second-order valence-corrected chi connectivity index (χ2v) is 6.89. The van der Waals surface area contributed by atoms with Crippen LogP contribution in [0, 0.1) is 0 Å². The third-order valence-corrected chi connectivity index (χ3v) is 4.56. The van der Waals surface area contributed by atoms with Gasteiger partial charge in [0, 0.05) is 16.3 Å². The van der Waals surface area contributed by atoms with E-state index in [1.54, 1.807) is 72.8 Å². The van der Waals surface area contributed by atoms with Gasteiger partial charge >= 0.3 is 0 Å². The number of rotatable bonds is 7. The number of halogens is 1. The fourth-order valence-electron chi connectivity index (χ4n) is 2.82. The second-order valence-electron chi connectivity index (χ2n) is 6.46. The summed E-state index contributed by atoms with van der Waals surface area (Å²) >= 11 is 6.00. The quantitative estimate of drug-likeness (QED) is 0.523. The van der Waals surface area contributed by atoms with E-state index in [1.807, 2.05) is 6.07 Å². The highest BCUT2D eigenvalue weighted by molar-refractivity contribution is 6.31. The average Bonchev–Trinajstić information content (AvgIpc) is 2.79. The lowest BCUT2D eigenvalue weighted by atomic mass is 10.1. The van der Waals surface area contributed by atoms with Gasteiger partial charge in [-0.3, -0.25) is 9.59 Å². The molecule has 0 spiro atoms. The summed E-state index contributed by atoms with van der Waals surface area (Å²) in [5, 5.41) is 5.92. The molecule has 0 aliphatic heterocycles. The van der Waals surface area contributed by atoms with Gasteiger partial charge in [-0.05, 0) is 54.1 Å². The Hall–Kier alpha value is -3.77. The van der Waals surface area contributed by atoms with Crippen LogP contribution >= 0.6 is 11.6 Å². The molecule has 0 bridgehead atoms. The highest BCUT2D eigenvalue weighted by atomic mass is 35.5. The van der Waals surface area contributed by atoms with Gasteiger partial charge in [-0.25, -0.2) is 0 Å². The van der Waals surface area contributed by atoms with Gasteiger partial charge in [0.25, 0.3) is 11.8 Å². The van der Waals surface area contributed by atoms with Crippen LogP contribution in [0.15, 0.2) is 78.5 Å². The van der Waals surface area contributed by atoms with Gasteiger partial charge < -0.3 is 20.1 Å². The maximum absolute atomic E-state index is 13.0. The van der Waals surface area contributed by atoms with Crippen molar-refractivity contribution >= 4 is 35.2 Å². The number of hydrogen-bond donors (Lipinski definition) is 2. The number of benzene rings is 3. The molecule has 0 saturated heterocycles. The zero-order valence-electron chi connectivity index (χ0n) is 17.0. The van der Waals surface area contributed by atoms with E-state index in [9.17, 15) is 9.59 Å². The second kappa shape index (κ2) is 10.3. The first-order chi connectivity index (χ1) is 15.0. The maximum atomic E-state index is 13.0. The van der Waals surface area contributed by atoms with Gasteiger partial charge in [0.2, 0.25) is 0 Å². The summed E-state index contributed by atoms with van der Waals surface area (Å²) in [4.78, 5) is 25.7. The van der Waals surface area contributed by atoms with Crippen molar-refractivity contribution in [2.24, 2.45) is 0 Å². The molecule has 31 heavy (non-hydrogen) atoms. The largest absolute Gasteiger partial charge is 0.493 e. The van der Waals surface area contributed by atoms with Crippen molar-refractivity contribution in [3.63, 3.8) is 0 Å². The summed E-state index contributed by atoms with van der Waals surface area (Å²) in [6.07, 6.45) is 1.56. The molecule has 2 N–H and O–H groups in total. The van der Waals surface area contributed by atoms with Crippen LogP contribution in [0.25, 0.3) is 6.08 Å². The van der Waals surface area contributed by atoms with Crippen LogP contribution in [0.3, 0.4) is 0 Å². The zero-order chi connectivity index (χ0) is 22.2. The minimum atomic E-state index is -0.499. The van der Waals surface area contributed by atoms with Crippen molar-refractivity contribution in [2.75, 3.05) is 19.5 Å². The summed E-state index contributed by atoms with van der Waals surface area (Å²) in [6.45, 7) is 0. The Bertz CT molecular complexity index is 1110. The Morgan fingerprint density at radius 1 is 0.871 bits per heavy atom. The predicted octanol–water partition coefficient (Wildman–Crippen LogP) is 4.77. The molecule has 0 saturated carbocycles. The fourth-order valence-corrected chi connectivity index (χ4v) is 3.01. The molecule has 3 aromatic rings. The number of carbonyl (C=O) groups excluding carboxylic acids is 2. The summed E-state index contributed by atoms with van der Waals surface area (Å²) in [5.74, 6) is 0.146. The van der Waals surface area contributed by atoms with Crippen LogP contribution in [-0.2, 0) is 4.79 Å². The smallest absolute Gasteiger partial charge is 0.272 e. The van der Waals surface area contributed by atoms with E-state index in [-0.39, 0.29) is 5.70 Å². The number of carbonyl (C=O) groups is 2. The van der Waals surface area contributed by atoms with Gasteiger partial charge in [-0.15, -0.1) is 0 Å². The molecule has 0 fully saturated rings. The van der Waals surface area contributed by atoms with Crippen molar-refractivity contribution in [1.29, 1.82) is 0 Å². The highest BCUT2D eigenvalue weighted by Gasteiger charge is 2.16. The Kier molecular flexibility index (Phi) is 7.30. The molecule has 0 heterocycles. The molecule has 7 heteroatoms. The van der Waals surface area contributed by atoms with Crippen LogP contribution in [0.1, 0.15) is 15.9 Å². The van der Waals surface area contributed by atoms with Gasteiger partial charge in [0.05, 0.1) is 14.2 Å². The van der Waals surface area contributed by atoms with Crippen LogP contribution in [0.2, 0.25) is 5.02 Å². The standard InChI is InChI=1S/C24H21ClN2O4/c1-30-21-12-11-16(14-22(21)31-2)13-20(27-23(28)17-7-4-3-5-8-17)24(29)26-19-10-6-9-18(25)15-19/h3-15H,1-2H3,(H,26,29)(H,27,28). The molecule has 158 valence electrons. The summed E-state index contributed by atoms with van der Waals surface area (Å²) in [5.41, 5.74) is 1.63. The van der Waals surface area contributed by atoms with Gasteiger partial charge in [-0.2, -0.15) is 0 Å². The van der Waals surface area contributed by atoms with Crippen LogP contribution < -0.4 is 20.1 Å². The minimum Gasteiger partial charge on any atom is -0.493 e. The lowest BCUT2D eigenvalue weighted by Gasteiger charge is -2.12. The Balaban J connectivity index is 1.94. The zero-order valence-corrected chi connectivity index (χ0v) is 17.8. The molecule has 0 unspecified atom stereocenters. The van der Waals surface area contributed by atoms with E-state index >= 15 is 0 Å². The van der Waals surface area contributed by atoms with Crippen molar-refractivity contribution < 1.29 is 19.1 Å². The van der Waals surface area contributed by atoms with E-state index in [1.165, 1.54) is 14.2 Å². The van der Waals surface area contributed by atoms with Crippen LogP contribution in [0.5, 0.6) is 11.5 Å². The van der Waals surface area contributed by atoms with E-state index in [0.29, 0.717) is 33.3 Å². The Morgan fingerprint density at radius 2 is 1.61 bits per heavy atom. The lowest BCUT2D eigenvalue weighted by Crippen LogP contribution is -2.30. The number of amides is 2. The topological polar surface area (TPSA) is 76.7 Å². The summed E-state index contributed by atoms with van der Waals surface area (Å²) in [7, 11) is 3.06. The van der Waals surface area contributed by atoms with Gasteiger partial charge in [-0.1, -0.05) is 41.9 Å². The highest BCUT2D eigenvalue weighted by Crippen LogP contribution is 2.28. The van der Waals surface area contributed by atoms with Gasteiger partial charge in [0.1, 0.15) is 5.70 Å². The summed E-state index contributed by atoms with van der Waals surface area (Å²) in [6, 6.07) is 20.6. The fraction of sp³-hybridized carbons (Fsp3) is 0.0833. The van der Waals surface area contributed by atoms with E-state index < -0.39 is 11.8 Å². The first-order valence-corrected chi connectivity index (χ1v) is 9.75. The normalized spacial score (nSPS) is 10.9. The number of methoxy groups -OCH3 is 2. The Morgan fingerprint density at radius 3 is 2.29 bits per heavy atom. The van der Waals surface area contributed by atoms with Gasteiger partial charge in [0.15, 0.2) is 11.5 Å². The third-order valence-electron chi connectivity index (χ3n) is 4.33. The lowest BCUT2D eigenvalue weighted by molar-refractivity contribution is -0.113. The van der Waals surface area contributed by atoms with Crippen molar-refractivity contribution in [3.05, 3.63) is 94.6 Å². The maximum Gasteiger partial charge on any atom is 0.272 e. The number of hydrogen-bond acceptors (Lipinski definition) is 4. The SMILES string of the molecule is COc1ccc(C=C(NC(=O)c2ccccc2)C(=O)Nc2cccc(Cl)c2)cc1OC. The van der Waals surface area contributed by atoms with E-state index in [4.69, 9.17) is 21.1 Å². The molecule has 0 radical (unpaired) electrons.